The summed E-state index contributed by atoms with van der Waals surface area (Å²) in [6.07, 6.45) is 5.55. The van der Waals surface area contributed by atoms with Crippen molar-refractivity contribution in [1.82, 2.24) is 9.80 Å². The predicted octanol–water partition coefficient (Wildman–Crippen LogP) is 0.0907. The summed E-state index contributed by atoms with van der Waals surface area (Å²) >= 11 is 1.38. The van der Waals surface area contributed by atoms with Gasteiger partial charge in [-0.2, -0.15) is 0 Å². The van der Waals surface area contributed by atoms with E-state index in [1.165, 1.54) is 16.7 Å². The van der Waals surface area contributed by atoms with Crippen LogP contribution >= 0.6 is 11.8 Å². The molecule has 4 atom stereocenters. The first kappa shape index (κ1) is 18.9. The van der Waals surface area contributed by atoms with Crippen LogP contribution in [-0.4, -0.2) is 68.3 Å². The van der Waals surface area contributed by atoms with Crippen molar-refractivity contribution in [3.05, 3.63) is 22.9 Å². The van der Waals surface area contributed by atoms with Gasteiger partial charge in [0.2, 0.25) is 11.8 Å². The van der Waals surface area contributed by atoms with Crippen LogP contribution in [0.4, 0.5) is 0 Å². The van der Waals surface area contributed by atoms with Crippen molar-refractivity contribution in [2.75, 3.05) is 12.3 Å². The minimum Gasteiger partial charge on any atom is -0.477 e. The molecule has 26 heavy (non-hydrogen) atoms. The maximum Gasteiger partial charge on any atom is 0.353 e. The largest absolute Gasteiger partial charge is 0.477 e. The predicted molar refractivity (Wildman–Crippen MR) is 95.6 cm³/mol. The van der Waals surface area contributed by atoms with Gasteiger partial charge in [-0.15, -0.1) is 11.8 Å². The van der Waals surface area contributed by atoms with E-state index < -0.39 is 18.0 Å². The smallest absolute Gasteiger partial charge is 0.353 e. The average molecular weight is 381 g/mol. The molecule has 4 aliphatic rings. The van der Waals surface area contributed by atoms with Gasteiger partial charge in [-0.1, -0.05) is 6.08 Å². The molecule has 2 fully saturated rings. The lowest BCUT2D eigenvalue weighted by Crippen LogP contribution is -2.61. The SMILES string of the molecule is C[C@@H](O)[C@H]1C(=O)N2C(C(=O)O)=C(SCCN)C[C@H]12.O=C1CC2CC=CN12. The van der Waals surface area contributed by atoms with E-state index in [0.29, 0.717) is 29.7 Å². The Morgan fingerprint density at radius 3 is 2.65 bits per heavy atom. The summed E-state index contributed by atoms with van der Waals surface area (Å²) in [6.45, 7) is 2.02. The highest BCUT2D eigenvalue weighted by Crippen LogP contribution is 2.46. The lowest BCUT2D eigenvalue weighted by Gasteiger charge is -2.44. The minimum absolute atomic E-state index is 0.0698. The summed E-state index contributed by atoms with van der Waals surface area (Å²) in [5.74, 6) is -0.954. The number of nitrogens with two attached hydrogens (primary N) is 1. The van der Waals surface area contributed by atoms with Gasteiger partial charge >= 0.3 is 5.97 Å². The molecule has 1 unspecified atom stereocenters. The van der Waals surface area contributed by atoms with Crippen molar-refractivity contribution >= 4 is 29.5 Å². The summed E-state index contributed by atoms with van der Waals surface area (Å²) < 4.78 is 0. The highest BCUT2D eigenvalue weighted by Gasteiger charge is 2.56. The van der Waals surface area contributed by atoms with Crippen LogP contribution < -0.4 is 5.73 Å². The number of amides is 2. The van der Waals surface area contributed by atoms with Gasteiger partial charge in [-0.05, 0) is 13.3 Å². The van der Waals surface area contributed by atoms with Crippen molar-refractivity contribution in [2.24, 2.45) is 11.7 Å². The van der Waals surface area contributed by atoms with Gasteiger partial charge in [0.15, 0.2) is 0 Å². The molecule has 4 N–H and O–H groups in total. The molecule has 4 heterocycles. The number of carbonyl (C=O) groups is 3. The lowest BCUT2D eigenvalue weighted by molar-refractivity contribution is -0.161. The van der Waals surface area contributed by atoms with E-state index >= 15 is 0 Å². The molecule has 0 aliphatic carbocycles. The third-order valence-electron chi connectivity index (χ3n) is 5.05. The van der Waals surface area contributed by atoms with Gasteiger partial charge in [0.1, 0.15) is 5.70 Å². The Bertz CT molecular complexity index is 690. The van der Waals surface area contributed by atoms with Gasteiger partial charge in [-0.3, -0.25) is 9.59 Å². The third-order valence-corrected chi connectivity index (χ3v) is 6.20. The molecule has 0 aromatic heterocycles. The van der Waals surface area contributed by atoms with E-state index in [4.69, 9.17) is 5.73 Å². The number of hydrogen-bond acceptors (Lipinski definition) is 6. The highest BCUT2D eigenvalue weighted by molar-refractivity contribution is 8.03. The Morgan fingerprint density at radius 2 is 2.15 bits per heavy atom. The van der Waals surface area contributed by atoms with E-state index in [1.807, 2.05) is 6.20 Å². The van der Waals surface area contributed by atoms with E-state index in [2.05, 4.69) is 6.08 Å². The second-order valence-corrected chi connectivity index (χ2v) is 7.93. The van der Waals surface area contributed by atoms with Gasteiger partial charge in [0.05, 0.1) is 18.1 Å². The van der Waals surface area contributed by atoms with Crippen molar-refractivity contribution in [3.8, 4) is 0 Å². The Hall–Kier alpha value is -1.84. The molecule has 2 amide bonds. The minimum atomic E-state index is -1.09. The molecular weight excluding hydrogens is 358 g/mol. The molecule has 0 aromatic carbocycles. The van der Waals surface area contributed by atoms with Crippen LogP contribution in [0.1, 0.15) is 26.2 Å². The Kier molecular flexibility index (Phi) is 5.40. The standard InChI is InChI=1S/C11H16N2O4S.C6H7NO/c1-5(14)8-6-4-7(18-3-2-12)9(11(16)17)13(6)10(8)15;8-6-4-5-2-1-3-7(5)6/h5-6,8,14H,2-4,12H2,1H3,(H,16,17);1,3,5H,2,4H2/t5-,6-,8-;/m1./s1. The summed E-state index contributed by atoms with van der Waals surface area (Å²) in [5.41, 5.74) is 5.47. The molecule has 0 bridgehead atoms. The molecule has 0 spiro atoms. The van der Waals surface area contributed by atoms with Crippen LogP contribution in [0.2, 0.25) is 0 Å². The van der Waals surface area contributed by atoms with Crippen LogP contribution in [0.15, 0.2) is 22.9 Å². The molecule has 8 nitrogen and oxygen atoms in total. The van der Waals surface area contributed by atoms with Crippen molar-refractivity contribution < 1.29 is 24.6 Å². The first-order valence-corrected chi connectivity index (χ1v) is 9.63. The number of carbonyl (C=O) groups excluding carboxylic acids is 2. The molecule has 9 heteroatoms. The molecular formula is C17H23N3O5S. The quantitative estimate of drug-likeness (QED) is 0.577. The highest BCUT2D eigenvalue weighted by atomic mass is 32.2. The number of aliphatic hydroxyl groups is 1. The number of nitrogens with zero attached hydrogens (tertiary/aromatic N) is 2. The van der Waals surface area contributed by atoms with Crippen LogP contribution in [0.3, 0.4) is 0 Å². The second kappa shape index (κ2) is 7.42. The molecule has 2 saturated heterocycles. The number of thioether (sulfide) groups is 1. The number of β-lactam (4-membered cyclic amide) rings is 2. The summed E-state index contributed by atoms with van der Waals surface area (Å²) in [6, 6.07) is 0.339. The zero-order valence-corrected chi connectivity index (χ0v) is 15.3. The summed E-state index contributed by atoms with van der Waals surface area (Å²) in [7, 11) is 0. The fraction of sp³-hybridized carbons (Fsp3) is 0.588. The number of fused-ring (bicyclic) bond motifs is 2. The number of aliphatic hydroxyl groups excluding tert-OH is 1. The van der Waals surface area contributed by atoms with E-state index in [9.17, 15) is 24.6 Å². The van der Waals surface area contributed by atoms with E-state index in [-0.39, 0.29) is 23.6 Å². The van der Waals surface area contributed by atoms with Crippen LogP contribution in [-0.2, 0) is 14.4 Å². The summed E-state index contributed by atoms with van der Waals surface area (Å²) in [4.78, 5) is 37.5. The molecule has 4 aliphatic heterocycles. The van der Waals surface area contributed by atoms with Crippen LogP contribution in [0.5, 0.6) is 0 Å². The molecule has 0 saturated carbocycles. The first-order valence-electron chi connectivity index (χ1n) is 8.65. The number of aliphatic carboxylic acids is 1. The number of carboxylic acid groups (broad SMARTS) is 1. The Labute approximate surface area is 155 Å². The van der Waals surface area contributed by atoms with E-state index in [1.54, 1.807) is 11.8 Å². The number of rotatable bonds is 5. The van der Waals surface area contributed by atoms with Crippen molar-refractivity contribution in [2.45, 2.75) is 44.4 Å². The average Bonchev–Trinajstić information content (AvgIpc) is 3.11. The maximum absolute atomic E-state index is 11.9. The Balaban J connectivity index is 0.000000201. The van der Waals surface area contributed by atoms with Gasteiger partial charge < -0.3 is 25.7 Å². The maximum atomic E-state index is 11.9. The normalized spacial score (nSPS) is 29.6. The van der Waals surface area contributed by atoms with Gasteiger partial charge in [-0.25, -0.2) is 4.79 Å². The molecule has 0 radical (unpaired) electrons. The van der Waals surface area contributed by atoms with Gasteiger partial charge in [0.25, 0.3) is 0 Å². The molecule has 142 valence electrons. The topological polar surface area (TPSA) is 124 Å². The van der Waals surface area contributed by atoms with Crippen molar-refractivity contribution in [1.29, 1.82) is 0 Å². The fourth-order valence-corrected chi connectivity index (χ4v) is 4.75. The molecule has 0 aromatic rings. The van der Waals surface area contributed by atoms with Crippen LogP contribution in [0.25, 0.3) is 0 Å². The van der Waals surface area contributed by atoms with Crippen LogP contribution in [0, 0.1) is 5.92 Å². The third kappa shape index (κ3) is 3.15. The monoisotopic (exact) mass is 381 g/mol. The summed E-state index contributed by atoms with van der Waals surface area (Å²) in [5, 5.41) is 18.7. The number of hydrogen-bond donors (Lipinski definition) is 3. The van der Waals surface area contributed by atoms with Crippen molar-refractivity contribution in [3.63, 3.8) is 0 Å². The van der Waals surface area contributed by atoms with E-state index in [0.717, 1.165) is 12.8 Å². The lowest BCUT2D eigenvalue weighted by atomic mass is 9.83. The first-order chi connectivity index (χ1) is 12.4. The molecule has 4 rings (SSSR count). The fourth-order valence-electron chi connectivity index (χ4n) is 3.77. The Morgan fingerprint density at radius 1 is 1.42 bits per heavy atom. The zero-order valence-electron chi connectivity index (χ0n) is 14.5. The van der Waals surface area contributed by atoms with Gasteiger partial charge in [0, 0.05) is 42.3 Å². The zero-order chi connectivity index (χ0) is 19.0. The second-order valence-electron chi connectivity index (χ2n) is 6.74. The number of carboxylic acids is 1.